The Hall–Kier alpha value is -0.740. The van der Waals surface area contributed by atoms with Gasteiger partial charge in [-0.3, -0.25) is 9.59 Å². The fourth-order valence-corrected chi connectivity index (χ4v) is 6.90. The molecule has 4 heteroatoms. The van der Waals surface area contributed by atoms with Crippen LogP contribution in [0.25, 0.3) is 0 Å². The Kier molecular flexibility index (Phi) is 3.98. The summed E-state index contributed by atoms with van der Waals surface area (Å²) in [5.74, 6) is 0.994. The lowest BCUT2D eigenvalue weighted by atomic mass is 9.50. The zero-order valence-corrected chi connectivity index (χ0v) is 16.7. The summed E-state index contributed by atoms with van der Waals surface area (Å²) in [4.78, 5) is 24.4. The fraction of sp³-hybridized carbons (Fsp3) is 0.714. The number of ketones is 2. The Balaban J connectivity index is 1.75. The minimum atomic E-state index is -1.21. The third-order valence-electron chi connectivity index (χ3n) is 8.07. The highest BCUT2D eigenvalue weighted by Crippen LogP contribution is 2.65. The van der Waals surface area contributed by atoms with Crippen molar-refractivity contribution >= 4 is 27.5 Å². The number of allylic oxidation sites excluding steroid dienone is 4. The van der Waals surface area contributed by atoms with Crippen LogP contribution in [0.1, 0.15) is 58.8 Å². The van der Waals surface area contributed by atoms with Crippen LogP contribution >= 0.6 is 15.9 Å². The summed E-state index contributed by atoms with van der Waals surface area (Å²) in [7, 11) is 0. The van der Waals surface area contributed by atoms with Gasteiger partial charge in [-0.25, -0.2) is 0 Å². The van der Waals surface area contributed by atoms with Gasteiger partial charge in [0.2, 0.25) is 0 Å². The van der Waals surface area contributed by atoms with Crippen LogP contribution in [0.5, 0.6) is 0 Å². The number of rotatable bonds is 2. The molecule has 136 valence electrons. The summed E-state index contributed by atoms with van der Waals surface area (Å²) in [6, 6.07) is 0. The molecule has 4 aliphatic rings. The third kappa shape index (κ3) is 2.19. The molecule has 2 fully saturated rings. The first-order chi connectivity index (χ1) is 11.8. The van der Waals surface area contributed by atoms with Gasteiger partial charge < -0.3 is 5.11 Å². The van der Waals surface area contributed by atoms with Crippen molar-refractivity contribution in [2.45, 2.75) is 64.4 Å². The van der Waals surface area contributed by atoms with E-state index in [1.165, 1.54) is 11.1 Å². The van der Waals surface area contributed by atoms with Crippen LogP contribution in [-0.4, -0.2) is 27.6 Å². The van der Waals surface area contributed by atoms with Gasteiger partial charge in [0.1, 0.15) is 5.60 Å². The van der Waals surface area contributed by atoms with Crippen molar-refractivity contribution in [3.05, 3.63) is 23.3 Å². The molecular formula is C21H27BrO3. The average molecular weight is 407 g/mol. The van der Waals surface area contributed by atoms with Crippen LogP contribution in [0.4, 0.5) is 0 Å². The van der Waals surface area contributed by atoms with Crippen LogP contribution in [0, 0.1) is 22.7 Å². The van der Waals surface area contributed by atoms with Gasteiger partial charge in [-0.2, -0.15) is 0 Å². The van der Waals surface area contributed by atoms with Crippen LogP contribution < -0.4 is 0 Å². The van der Waals surface area contributed by atoms with E-state index in [9.17, 15) is 14.7 Å². The van der Waals surface area contributed by atoms with Crippen molar-refractivity contribution in [2.24, 2.45) is 22.7 Å². The Morgan fingerprint density at radius 3 is 2.76 bits per heavy atom. The van der Waals surface area contributed by atoms with E-state index in [0.29, 0.717) is 24.7 Å². The number of carbonyl (C=O) groups is 2. The highest BCUT2D eigenvalue weighted by molar-refractivity contribution is 9.09. The number of alkyl halides is 1. The zero-order chi connectivity index (χ0) is 18.0. The molecule has 0 aromatic heterocycles. The Morgan fingerprint density at radius 1 is 1.28 bits per heavy atom. The molecule has 0 heterocycles. The molecule has 1 N–H and O–H groups in total. The molecule has 0 bridgehead atoms. The molecule has 0 unspecified atom stereocenters. The predicted molar refractivity (Wildman–Crippen MR) is 100 cm³/mol. The molecule has 0 aromatic carbocycles. The van der Waals surface area contributed by atoms with Crippen LogP contribution in [0.15, 0.2) is 23.3 Å². The van der Waals surface area contributed by atoms with Gasteiger partial charge in [-0.1, -0.05) is 47.0 Å². The summed E-state index contributed by atoms with van der Waals surface area (Å²) >= 11 is 3.26. The molecular weight excluding hydrogens is 380 g/mol. The van der Waals surface area contributed by atoms with Crippen LogP contribution in [-0.2, 0) is 9.59 Å². The molecule has 4 aliphatic carbocycles. The van der Waals surface area contributed by atoms with Crippen molar-refractivity contribution in [2.75, 3.05) is 5.33 Å². The third-order valence-corrected chi connectivity index (χ3v) is 8.58. The number of hydrogen-bond acceptors (Lipinski definition) is 3. The van der Waals surface area contributed by atoms with Gasteiger partial charge in [0.15, 0.2) is 11.6 Å². The number of halogens is 1. The molecule has 3 nitrogen and oxygen atoms in total. The highest BCUT2D eigenvalue weighted by Gasteiger charge is 2.64. The minimum Gasteiger partial charge on any atom is -0.381 e. The molecule has 0 spiro atoms. The first kappa shape index (κ1) is 17.7. The SMILES string of the molecule is C[C@]12CCC(=O)C=C1CC[C@@H]1C2=CC[C@@]2(C)[C@H]1CC[C@]2(O)C(=O)CBr. The molecule has 4 rings (SSSR count). The highest BCUT2D eigenvalue weighted by atomic mass is 79.9. The number of carbonyl (C=O) groups excluding carboxylic acids is 2. The normalized spacial score (nSPS) is 45.8. The zero-order valence-electron chi connectivity index (χ0n) is 15.1. The van der Waals surface area contributed by atoms with Crippen molar-refractivity contribution in [1.82, 2.24) is 0 Å². The Labute approximate surface area is 158 Å². The second-order valence-electron chi connectivity index (χ2n) is 8.96. The summed E-state index contributed by atoms with van der Waals surface area (Å²) in [6.45, 7) is 4.42. The lowest BCUT2D eigenvalue weighted by Crippen LogP contribution is -2.55. The summed E-state index contributed by atoms with van der Waals surface area (Å²) in [6.07, 6.45) is 10.0. The lowest BCUT2D eigenvalue weighted by Gasteiger charge is -2.54. The monoisotopic (exact) mass is 406 g/mol. The molecule has 5 atom stereocenters. The Morgan fingerprint density at radius 2 is 2.04 bits per heavy atom. The van der Waals surface area contributed by atoms with Crippen LogP contribution in [0.3, 0.4) is 0 Å². The van der Waals surface area contributed by atoms with Crippen molar-refractivity contribution < 1.29 is 14.7 Å². The van der Waals surface area contributed by atoms with Crippen molar-refractivity contribution in [3.8, 4) is 0 Å². The van der Waals surface area contributed by atoms with E-state index in [0.717, 1.165) is 32.1 Å². The van der Waals surface area contributed by atoms with Crippen molar-refractivity contribution in [1.29, 1.82) is 0 Å². The molecule has 0 saturated heterocycles. The topological polar surface area (TPSA) is 54.4 Å². The maximum absolute atomic E-state index is 12.5. The van der Waals surface area contributed by atoms with Gasteiger partial charge in [0, 0.05) is 17.3 Å². The first-order valence-corrected chi connectivity index (χ1v) is 10.6. The average Bonchev–Trinajstić information content (AvgIpc) is 2.87. The van der Waals surface area contributed by atoms with E-state index < -0.39 is 5.60 Å². The maximum atomic E-state index is 12.5. The van der Waals surface area contributed by atoms with E-state index in [-0.39, 0.29) is 27.7 Å². The van der Waals surface area contributed by atoms with Gasteiger partial charge in [0.25, 0.3) is 0 Å². The van der Waals surface area contributed by atoms with E-state index in [2.05, 4.69) is 35.9 Å². The maximum Gasteiger partial charge on any atom is 0.175 e. The lowest BCUT2D eigenvalue weighted by molar-refractivity contribution is -0.149. The summed E-state index contributed by atoms with van der Waals surface area (Å²) < 4.78 is 0. The second-order valence-corrected chi connectivity index (χ2v) is 9.52. The van der Waals surface area contributed by atoms with Crippen LogP contribution in [0.2, 0.25) is 0 Å². The number of fused-ring (bicyclic) bond motifs is 5. The van der Waals surface area contributed by atoms with E-state index in [1.807, 2.05) is 6.08 Å². The van der Waals surface area contributed by atoms with E-state index in [4.69, 9.17) is 0 Å². The second kappa shape index (κ2) is 5.63. The minimum absolute atomic E-state index is 0.0122. The molecule has 0 amide bonds. The summed E-state index contributed by atoms with van der Waals surface area (Å²) in [5.41, 5.74) is 1.23. The smallest absolute Gasteiger partial charge is 0.175 e. The van der Waals surface area contributed by atoms with Gasteiger partial charge in [-0.05, 0) is 56.4 Å². The quantitative estimate of drug-likeness (QED) is 0.553. The van der Waals surface area contributed by atoms with Gasteiger partial charge >= 0.3 is 0 Å². The standard InChI is InChI=1S/C21H27BrO3/c1-19-8-5-14(23)11-13(19)3-4-15-16(19)6-9-20(2)17(15)7-10-21(20,25)18(24)12-22/h6,11,15,17,25H,3-5,7-10,12H2,1-2H3/t15-,17+,19+,20+,21+/m1/s1. The van der Waals surface area contributed by atoms with E-state index >= 15 is 0 Å². The largest absolute Gasteiger partial charge is 0.381 e. The van der Waals surface area contributed by atoms with Gasteiger partial charge in [-0.15, -0.1) is 0 Å². The van der Waals surface area contributed by atoms with Crippen molar-refractivity contribution in [3.63, 3.8) is 0 Å². The first-order valence-electron chi connectivity index (χ1n) is 9.52. The fourth-order valence-electron chi connectivity index (χ4n) is 6.44. The number of aliphatic hydroxyl groups is 1. The predicted octanol–water partition coefficient (Wildman–Crippen LogP) is 4.13. The number of Topliss-reactive ketones (excluding diaryl/α,β-unsaturated/α-hetero) is 1. The van der Waals surface area contributed by atoms with E-state index in [1.54, 1.807) is 0 Å². The summed E-state index contributed by atoms with van der Waals surface area (Å²) in [5, 5.41) is 11.5. The molecule has 2 saturated carbocycles. The van der Waals surface area contributed by atoms with Gasteiger partial charge in [0.05, 0.1) is 5.33 Å². The molecule has 0 radical (unpaired) electrons. The Bertz CT molecular complexity index is 708. The molecule has 25 heavy (non-hydrogen) atoms. The number of hydrogen-bond donors (Lipinski definition) is 1. The molecule has 0 aliphatic heterocycles. The molecule has 0 aromatic rings.